The van der Waals surface area contributed by atoms with Gasteiger partial charge >= 0.3 is 0 Å². The highest BCUT2D eigenvalue weighted by molar-refractivity contribution is 7.26. The Morgan fingerprint density at radius 1 is 0.368 bits per heavy atom. The SMILES string of the molecule is c1ccc(-c2nc(-c3ccc4c(c3)oc3ccccc34)nc(-c3cccc4oc5ccc(-c6nc(-c7ccccc7)c7sc8ccccc8c7n6)cc5c34)n2)cc1. The molecule has 0 atom stereocenters. The second kappa shape index (κ2) is 12.5. The van der Waals surface area contributed by atoms with Crippen LogP contribution < -0.4 is 0 Å². The third-order valence-electron chi connectivity index (χ3n) is 10.6. The predicted octanol–water partition coefficient (Wildman–Crippen LogP) is 13.2. The van der Waals surface area contributed by atoms with Gasteiger partial charge in [-0.1, -0.05) is 115 Å². The van der Waals surface area contributed by atoms with Crippen LogP contribution in [0.3, 0.4) is 0 Å². The van der Waals surface area contributed by atoms with Crippen molar-refractivity contribution in [3.63, 3.8) is 0 Å². The van der Waals surface area contributed by atoms with Crippen molar-refractivity contribution >= 4 is 75.5 Å². The topological polar surface area (TPSA) is 90.7 Å². The number of fused-ring (bicyclic) bond motifs is 9. The smallest absolute Gasteiger partial charge is 0.164 e. The summed E-state index contributed by atoms with van der Waals surface area (Å²) in [5.74, 6) is 2.30. The first kappa shape index (κ1) is 31.8. The Bertz CT molecular complexity index is 3540. The zero-order valence-corrected chi connectivity index (χ0v) is 30.9. The predicted molar refractivity (Wildman–Crippen MR) is 230 cm³/mol. The number of thiophene rings is 1. The minimum absolute atomic E-state index is 0.538. The van der Waals surface area contributed by atoms with Crippen LogP contribution in [0.4, 0.5) is 0 Å². The molecule has 266 valence electrons. The lowest BCUT2D eigenvalue weighted by atomic mass is 10.0. The summed E-state index contributed by atoms with van der Waals surface area (Å²) in [6, 6.07) is 55.2. The van der Waals surface area contributed by atoms with Crippen molar-refractivity contribution in [1.29, 1.82) is 0 Å². The van der Waals surface area contributed by atoms with Crippen molar-refractivity contribution in [2.75, 3.05) is 0 Å². The fraction of sp³-hybridized carbons (Fsp3) is 0. The number of hydrogen-bond acceptors (Lipinski definition) is 8. The molecule has 0 saturated heterocycles. The van der Waals surface area contributed by atoms with E-state index in [0.717, 1.165) is 93.0 Å². The second-order valence-electron chi connectivity index (χ2n) is 14.0. The Kier molecular flexibility index (Phi) is 6.96. The van der Waals surface area contributed by atoms with Crippen molar-refractivity contribution < 1.29 is 8.83 Å². The van der Waals surface area contributed by atoms with E-state index in [1.807, 2.05) is 91.0 Å². The van der Waals surface area contributed by atoms with Crippen molar-refractivity contribution in [1.82, 2.24) is 24.9 Å². The summed E-state index contributed by atoms with van der Waals surface area (Å²) in [4.78, 5) is 25.7. The monoisotopic (exact) mass is 749 g/mol. The Labute approximate surface area is 328 Å². The molecule has 0 unspecified atom stereocenters. The summed E-state index contributed by atoms with van der Waals surface area (Å²) >= 11 is 1.73. The normalized spacial score (nSPS) is 11.9. The molecule has 0 amide bonds. The van der Waals surface area contributed by atoms with E-state index in [1.54, 1.807) is 11.3 Å². The molecule has 7 nitrogen and oxygen atoms in total. The number of benzene rings is 7. The molecule has 57 heavy (non-hydrogen) atoms. The van der Waals surface area contributed by atoms with Gasteiger partial charge < -0.3 is 8.83 Å². The molecule has 8 heteroatoms. The van der Waals surface area contributed by atoms with Crippen LogP contribution >= 0.6 is 11.3 Å². The summed E-state index contributed by atoms with van der Waals surface area (Å²) in [6.07, 6.45) is 0. The van der Waals surface area contributed by atoms with Gasteiger partial charge in [0.15, 0.2) is 23.3 Å². The van der Waals surface area contributed by atoms with Crippen LogP contribution in [-0.4, -0.2) is 24.9 Å². The van der Waals surface area contributed by atoms with E-state index < -0.39 is 0 Å². The molecule has 5 aromatic heterocycles. The molecule has 0 fully saturated rings. The number of furan rings is 2. The molecule has 12 rings (SSSR count). The minimum atomic E-state index is 0.538. The van der Waals surface area contributed by atoms with Crippen LogP contribution in [0.2, 0.25) is 0 Å². The number of para-hydroxylation sites is 1. The number of rotatable bonds is 5. The molecule has 7 aromatic carbocycles. The Morgan fingerprint density at radius 2 is 0.982 bits per heavy atom. The lowest BCUT2D eigenvalue weighted by Gasteiger charge is -2.09. The third kappa shape index (κ3) is 5.15. The van der Waals surface area contributed by atoms with Crippen LogP contribution in [0.15, 0.2) is 173 Å². The highest BCUT2D eigenvalue weighted by atomic mass is 32.1. The van der Waals surface area contributed by atoms with E-state index >= 15 is 0 Å². The maximum Gasteiger partial charge on any atom is 0.164 e. The van der Waals surface area contributed by atoms with Crippen molar-refractivity contribution in [2.24, 2.45) is 0 Å². The summed E-state index contributed by atoms with van der Waals surface area (Å²) in [5, 5.41) is 5.07. The van der Waals surface area contributed by atoms with E-state index in [9.17, 15) is 0 Å². The molecule has 0 spiro atoms. The average Bonchev–Trinajstić information content (AvgIpc) is 3.97. The van der Waals surface area contributed by atoms with Gasteiger partial charge in [0.1, 0.15) is 22.3 Å². The van der Waals surface area contributed by atoms with Crippen LogP contribution in [0.25, 0.3) is 121 Å². The molecule has 5 heterocycles. The van der Waals surface area contributed by atoms with Gasteiger partial charge in [0, 0.05) is 59.4 Å². The molecule has 0 aliphatic heterocycles. The molecule has 0 aliphatic carbocycles. The van der Waals surface area contributed by atoms with Crippen molar-refractivity contribution in [3.05, 3.63) is 164 Å². The molecular formula is C49H27N5O2S. The summed E-state index contributed by atoms with van der Waals surface area (Å²) < 4.78 is 15.0. The Hall–Kier alpha value is -7.55. The largest absolute Gasteiger partial charge is 0.456 e. The molecule has 0 aliphatic rings. The number of hydrogen-bond donors (Lipinski definition) is 0. The van der Waals surface area contributed by atoms with E-state index in [1.165, 1.54) is 4.70 Å². The molecular weight excluding hydrogens is 723 g/mol. The molecule has 12 aromatic rings. The van der Waals surface area contributed by atoms with E-state index in [0.29, 0.717) is 23.3 Å². The first-order valence-corrected chi connectivity index (χ1v) is 19.5. The summed E-state index contributed by atoms with van der Waals surface area (Å²) in [7, 11) is 0. The van der Waals surface area contributed by atoms with Crippen LogP contribution in [-0.2, 0) is 0 Å². The van der Waals surface area contributed by atoms with E-state index in [4.69, 9.17) is 33.8 Å². The van der Waals surface area contributed by atoms with Gasteiger partial charge in [0.25, 0.3) is 0 Å². The second-order valence-corrected chi connectivity index (χ2v) is 15.1. The van der Waals surface area contributed by atoms with Crippen LogP contribution in [0, 0.1) is 0 Å². The highest BCUT2D eigenvalue weighted by Crippen LogP contribution is 2.42. The lowest BCUT2D eigenvalue weighted by Crippen LogP contribution is -2.00. The van der Waals surface area contributed by atoms with Gasteiger partial charge in [-0.3, -0.25) is 0 Å². The Morgan fingerprint density at radius 3 is 1.84 bits per heavy atom. The molecule has 0 radical (unpaired) electrons. The average molecular weight is 750 g/mol. The summed E-state index contributed by atoms with van der Waals surface area (Å²) in [6.45, 7) is 0. The van der Waals surface area contributed by atoms with Gasteiger partial charge in [-0.25, -0.2) is 24.9 Å². The highest BCUT2D eigenvalue weighted by Gasteiger charge is 2.21. The van der Waals surface area contributed by atoms with Crippen LogP contribution in [0.1, 0.15) is 0 Å². The lowest BCUT2D eigenvalue weighted by molar-refractivity contribution is 0.668. The maximum absolute atomic E-state index is 6.50. The molecule has 0 bridgehead atoms. The number of aromatic nitrogens is 5. The van der Waals surface area contributed by atoms with E-state index in [2.05, 4.69) is 72.8 Å². The Balaban J connectivity index is 1.06. The molecule has 0 N–H and O–H groups in total. The fourth-order valence-electron chi connectivity index (χ4n) is 7.87. The number of nitrogens with zero attached hydrogens (tertiary/aromatic N) is 5. The fourth-order valence-corrected chi connectivity index (χ4v) is 9.02. The quantitative estimate of drug-likeness (QED) is 0.173. The van der Waals surface area contributed by atoms with Gasteiger partial charge in [-0.05, 0) is 48.5 Å². The first-order valence-electron chi connectivity index (χ1n) is 18.7. The first-order chi connectivity index (χ1) is 28.2. The van der Waals surface area contributed by atoms with Crippen LogP contribution in [0.5, 0.6) is 0 Å². The van der Waals surface area contributed by atoms with Crippen molar-refractivity contribution in [3.8, 4) is 56.8 Å². The van der Waals surface area contributed by atoms with Gasteiger partial charge in [-0.2, -0.15) is 0 Å². The third-order valence-corrected chi connectivity index (χ3v) is 11.7. The minimum Gasteiger partial charge on any atom is -0.456 e. The van der Waals surface area contributed by atoms with Gasteiger partial charge in [-0.15, -0.1) is 11.3 Å². The van der Waals surface area contributed by atoms with Gasteiger partial charge in [0.05, 0.1) is 15.9 Å². The zero-order valence-electron chi connectivity index (χ0n) is 30.0. The van der Waals surface area contributed by atoms with E-state index in [-0.39, 0.29) is 0 Å². The zero-order chi connectivity index (χ0) is 37.5. The molecule has 0 saturated carbocycles. The summed E-state index contributed by atoms with van der Waals surface area (Å²) in [5.41, 5.74) is 9.45. The maximum atomic E-state index is 6.50. The van der Waals surface area contributed by atoms with Gasteiger partial charge in [0.2, 0.25) is 0 Å². The van der Waals surface area contributed by atoms with Crippen molar-refractivity contribution in [2.45, 2.75) is 0 Å². The standard InChI is InChI=1S/C49H27N5O2S/c1-3-12-28(13-4-1)43-45-44(34-17-8-10-21-41(34)57-45)51-47(50-43)30-23-25-38-36(26-30)42-35(18-11-20-39(42)55-38)49-53-46(29-14-5-2-6-15-29)52-48(54-49)31-22-24-33-32-16-7-9-19-37(32)56-40(33)27-31/h1-27H.